The monoisotopic (exact) mass is 289 g/mol. The molecule has 104 valence electrons. The van der Waals surface area contributed by atoms with E-state index in [1.54, 1.807) is 23.7 Å². The van der Waals surface area contributed by atoms with Crippen LogP contribution in [0.4, 0.5) is 5.13 Å². The minimum Gasteiger partial charge on any atom is -0.343 e. The van der Waals surface area contributed by atoms with Gasteiger partial charge in [-0.25, -0.2) is 4.98 Å². The number of carbonyl (C=O) groups excluding carboxylic acids is 2. The Morgan fingerprint density at radius 3 is 2.50 bits per heavy atom. The molecule has 0 aliphatic carbocycles. The summed E-state index contributed by atoms with van der Waals surface area (Å²) in [4.78, 5) is 27.5. The van der Waals surface area contributed by atoms with Crippen LogP contribution >= 0.6 is 11.3 Å². The van der Waals surface area contributed by atoms with Crippen molar-refractivity contribution in [3.63, 3.8) is 0 Å². The van der Waals surface area contributed by atoms with Gasteiger partial charge < -0.3 is 10.6 Å². The molecule has 0 saturated heterocycles. The lowest BCUT2D eigenvalue weighted by molar-refractivity contribution is -0.115. The van der Waals surface area contributed by atoms with Crippen LogP contribution < -0.4 is 10.6 Å². The number of nitrogens with one attached hydrogen (secondary N) is 2. The Labute approximate surface area is 121 Å². The van der Waals surface area contributed by atoms with Crippen molar-refractivity contribution in [2.75, 3.05) is 11.9 Å². The molecule has 0 radical (unpaired) electrons. The quantitative estimate of drug-likeness (QED) is 0.905. The molecule has 0 aliphatic heterocycles. The molecule has 5 nitrogen and oxygen atoms in total. The van der Waals surface area contributed by atoms with Gasteiger partial charge in [-0.15, -0.1) is 11.3 Å². The maximum Gasteiger partial charge on any atom is 0.251 e. The highest BCUT2D eigenvalue weighted by atomic mass is 32.1. The minimum atomic E-state index is -0.294. The van der Waals surface area contributed by atoms with Gasteiger partial charge in [0.05, 0.1) is 6.54 Å². The zero-order valence-electron chi connectivity index (χ0n) is 11.3. The van der Waals surface area contributed by atoms with E-state index >= 15 is 0 Å². The molecular weight excluding hydrogens is 274 g/mol. The summed E-state index contributed by atoms with van der Waals surface area (Å²) in [6.07, 6.45) is 1.61. The lowest BCUT2D eigenvalue weighted by Crippen LogP contribution is -2.32. The number of rotatable bonds is 4. The second kappa shape index (κ2) is 6.29. The number of anilines is 1. The van der Waals surface area contributed by atoms with Crippen LogP contribution in [0.3, 0.4) is 0 Å². The Bertz CT molecular complexity index is 603. The summed E-state index contributed by atoms with van der Waals surface area (Å²) in [6.45, 7) is 3.78. The third kappa shape index (κ3) is 3.89. The van der Waals surface area contributed by atoms with Gasteiger partial charge in [0.25, 0.3) is 5.91 Å². The van der Waals surface area contributed by atoms with Crippen LogP contribution in [0.15, 0.2) is 29.8 Å². The van der Waals surface area contributed by atoms with Gasteiger partial charge >= 0.3 is 0 Å². The van der Waals surface area contributed by atoms with Crippen molar-refractivity contribution in [1.29, 1.82) is 0 Å². The van der Waals surface area contributed by atoms with Gasteiger partial charge in [0, 0.05) is 17.1 Å². The average Bonchev–Trinajstić information content (AvgIpc) is 2.87. The van der Waals surface area contributed by atoms with E-state index in [4.69, 9.17) is 0 Å². The van der Waals surface area contributed by atoms with Crippen molar-refractivity contribution in [1.82, 2.24) is 10.3 Å². The van der Waals surface area contributed by atoms with E-state index in [1.807, 2.05) is 19.9 Å². The molecule has 0 bridgehead atoms. The summed E-state index contributed by atoms with van der Waals surface area (Å²) in [5.74, 6) is -0.552. The second-order valence-corrected chi connectivity index (χ2v) is 5.34. The minimum absolute atomic E-state index is 0.0780. The number of hydrogen-bond acceptors (Lipinski definition) is 4. The molecule has 2 N–H and O–H groups in total. The number of aromatic nitrogens is 1. The SMILES string of the molecule is Cc1cc(C)cc(C(=O)NCC(=O)Nc2nccs2)c1. The molecule has 1 aromatic heterocycles. The number of nitrogens with zero attached hydrogens (tertiary/aromatic N) is 1. The number of aryl methyl sites for hydroxylation is 2. The van der Waals surface area contributed by atoms with E-state index in [1.165, 1.54) is 11.3 Å². The van der Waals surface area contributed by atoms with Gasteiger partial charge in [-0.1, -0.05) is 17.2 Å². The van der Waals surface area contributed by atoms with Crippen molar-refractivity contribution in [3.8, 4) is 0 Å². The molecule has 0 fully saturated rings. The predicted molar refractivity (Wildman–Crippen MR) is 79.0 cm³/mol. The van der Waals surface area contributed by atoms with E-state index in [2.05, 4.69) is 15.6 Å². The maximum atomic E-state index is 12.0. The second-order valence-electron chi connectivity index (χ2n) is 4.44. The van der Waals surface area contributed by atoms with Crippen LogP contribution in [0.2, 0.25) is 0 Å². The van der Waals surface area contributed by atoms with E-state index in [0.717, 1.165) is 11.1 Å². The summed E-state index contributed by atoms with van der Waals surface area (Å²) in [5.41, 5.74) is 2.59. The summed E-state index contributed by atoms with van der Waals surface area (Å²) in [6, 6.07) is 5.58. The van der Waals surface area contributed by atoms with Gasteiger partial charge in [-0.2, -0.15) is 0 Å². The van der Waals surface area contributed by atoms with E-state index < -0.39 is 0 Å². The van der Waals surface area contributed by atoms with Crippen LogP contribution in [-0.4, -0.2) is 23.3 Å². The molecule has 0 saturated carbocycles. The number of amides is 2. The third-order valence-electron chi connectivity index (χ3n) is 2.57. The fourth-order valence-electron chi connectivity index (χ4n) is 1.82. The topological polar surface area (TPSA) is 71.1 Å². The summed E-state index contributed by atoms with van der Waals surface area (Å²) in [5, 5.41) is 7.49. The average molecular weight is 289 g/mol. The third-order valence-corrected chi connectivity index (χ3v) is 3.26. The van der Waals surface area contributed by atoms with Gasteiger partial charge in [0.2, 0.25) is 5.91 Å². The van der Waals surface area contributed by atoms with Gasteiger partial charge in [-0.05, 0) is 26.0 Å². The first kappa shape index (κ1) is 14.2. The highest BCUT2D eigenvalue weighted by molar-refractivity contribution is 7.13. The van der Waals surface area contributed by atoms with Gasteiger partial charge in [0.15, 0.2) is 5.13 Å². The Kier molecular flexibility index (Phi) is 4.47. The first-order valence-electron chi connectivity index (χ1n) is 6.10. The number of hydrogen-bond donors (Lipinski definition) is 2. The molecule has 0 spiro atoms. The molecule has 20 heavy (non-hydrogen) atoms. The molecule has 6 heteroatoms. The predicted octanol–water partition coefficient (Wildman–Crippen LogP) is 2.13. The highest BCUT2D eigenvalue weighted by Crippen LogP contribution is 2.10. The zero-order valence-corrected chi connectivity index (χ0v) is 12.1. The molecular formula is C14H15N3O2S. The fourth-order valence-corrected chi connectivity index (χ4v) is 2.36. The molecule has 0 atom stereocenters. The summed E-state index contributed by atoms with van der Waals surface area (Å²) >= 11 is 1.33. The van der Waals surface area contributed by atoms with Crippen molar-refractivity contribution in [2.24, 2.45) is 0 Å². The summed E-state index contributed by atoms with van der Waals surface area (Å²) < 4.78 is 0. The summed E-state index contributed by atoms with van der Waals surface area (Å²) in [7, 11) is 0. The van der Waals surface area contributed by atoms with Crippen LogP contribution in [0, 0.1) is 13.8 Å². The standard InChI is InChI=1S/C14H15N3O2S/c1-9-5-10(2)7-11(6-9)13(19)16-8-12(18)17-14-15-3-4-20-14/h3-7H,8H2,1-2H3,(H,16,19)(H,15,17,18). The molecule has 0 unspecified atom stereocenters. The van der Waals surface area contributed by atoms with Crippen molar-refractivity contribution in [2.45, 2.75) is 13.8 Å². The van der Waals surface area contributed by atoms with Crippen LogP contribution in [-0.2, 0) is 4.79 Å². The van der Waals surface area contributed by atoms with Crippen LogP contribution in [0.25, 0.3) is 0 Å². The molecule has 2 rings (SSSR count). The maximum absolute atomic E-state index is 12.0. The van der Waals surface area contributed by atoms with E-state index in [-0.39, 0.29) is 18.4 Å². The zero-order chi connectivity index (χ0) is 14.5. The van der Waals surface area contributed by atoms with Crippen molar-refractivity contribution < 1.29 is 9.59 Å². The number of thiazole rings is 1. The van der Waals surface area contributed by atoms with Gasteiger partial charge in [-0.3, -0.25) is 9.59 Å². The highest BCUT2D eigenvalue weighted by Gasteiger charge is 2.09. The van der Waals surface area contributed by atoms with E-state index in [0.29, 0.717) is 10.7 Å². The van der Waals surface area contributed by atoms with Crippen LogP contribution in [0.5, 0.6) is 0 Å². The van der Waals surface area contributed by atoms with Crippen LogP contribution in [0.1, 0.15) is 21.5 Å². The Morgan fingerprint density at radius 2 is 1.90 bits per heavy atom. The van der Waals surface area contributed by atoms with Crippen molar-refractivity contribution in [3.05, 3.63) is 46.5 Å². The van der Waals surface area contributed by atoms with Gasteiger partial charge in [0.1, 0.15) is 0 Å². The molecule has 1 heterocycles. The number of benzene rings is 1. The first-order chi connectivity index (χ1) is 9.54. The lowest BCUT2D eigenvalue weighted by Gasteiger charge is -2.07. The first-order valence-corrected chi connectivity index (χ1v) is 6.98. The Hall–Kier alpha value is -2.21. The lowest BCUT2D eigenvalue weighted by atomic mass is 10.1. The fraction of sp³-hybridized carbons (Fsp3) is 0.214. The van der Waals surface area contributed by atoms with E-state index in [9.17, 15) is 9.59 Å². The van der Waals surface area contributed by atoms with Crippen molar-refractivity contribution >= 4 is 28.3 Å². The smallest absolute Gasteiger partial charge is 0.251 e. The molecule has 0 aliphatic rings. The molecule has 2 amide bonds. The molecule has 1 aromatic carbocycles. The Balaban J connectivity index is 1.90. The largest absolute Gasteiger partial charge is 0.343 e. The Morgan fingerprint density at radius 1 is 1.20 bits per heavy atom. The number of carbonyl (C=O) groups is 2. The molecule has 2 aromatic rings. The normalized spacial score (nSPS) is 10.1.